The highest BCUT2D eigenvalue weighted by molar-refractivity contribution is 7.99. The van der Waals surface area contributed by atoms with Gasteiger partial charge in [0.2, 0.25) is 0 Å². The van der Waals surface area contributed by atoms with E-state index < -0.39 is 0 Å². The highest BCUT2D eigenvalue weighted by Gasteiger charge is 1.99. The van der Waals surface area contributed by atoms with Crippen molar-refractivity contribution in [1.29, 1.82) is 0 Å². The summed E-state index contributed by atoms with van der Waals surface area (Å²) in [5, 5.41) is 0.854. The van der Waals surface area contributed by atoms with Gasteiger partial charge in [-0.3, -0.25) is 0 Å². The highest BCUT2D eigenvalue weighted by Crippen LogP contribution is 2.15. The van der Waals surface area contributed by atoms with Crippen molar-refractivity contribution in [2.75, 3.05) is 6.26 Å². The topological polar surface area (TPSA) is 0 Å². The van der Waals surface area contributed by atoms with Crippen LogP contribution in [0.5, 0.6) is 0 Å². The third-order valence-electron chi connectivity index (χ3n) is 1.55. The van der Waals surface area contributed by atoms with E-state index in [0.717, 1.165) is 11.2 Å². The molecule has 0 aliphatic carbocycles. The fourth-order valence-corrected chi connectivity index (χ4v) is 1.06. The molecule has 0 rings (SSSR count). The molecule has 0 spiro atoms. The van der Waals surface area contributed by atoms with E-state index in [4.69, 9.17) is 0 Å². The van der Waals surface area contributed by atoms with Crippen molar-refractivity contribution >= 4 is 11.8 Å². The van der Waals surface area contributed by atoms with Gasteiger partial charge in [0.25, 0.3) is 0 Å². The first-order chi connectivity index (χ1) is 5.16. The second-order valence-corrected chi connectivity index (χ2v) is 4.29. The summed E-state index contributed by atoms with van der Waals surface area (Å²) in [7, 11) is 0. The number of thioether (sulfide) groups is 1. The second-order valence-electron chi connectivity index (χ2n) is 3.02. The van der Waals surface area contributed by atoms with Crippen molar-refractivity contribution in [2.45, 2.75) is 52.7 Å². The quantitative estimate of drug-likeness (QED) is 0.618. The van der Waals surface area contributed by atoms with Crippen molar-refractivity contribution in [1.82, 2.24) is 0 Å². The Kier molecular flexibility index (Phi) is 13.1. The van der Waals surface area contributed by atoms with Crippen molar-refractivity contribution in [2.24, 2.45) is 5.92 Å². The SMILES string of the molecule is CC.CSC(C)CCC(C)C. The molecule has 0 saturated heterocycles. The Labute approximate surface area is 77.2 Å². The van der Waals surface area contributed by atoms with Crippen molar-refractivity contribution in [3.05, 3.63) is 0 Å². The summed E-state index contributed by atoms with van der Waals surface area (Å²) < 4.78 is 0. The third-order valence-corrected chi connectivity index (χ3v) is 2.59. The number of hydrogen-bond acceptors (Lipinski definition) is 1. The fourth-order valence-electron chi connectivity index (χ4n) is 0.686. The number of rotatable bonds is 4. The summed E-state index contributed by atoms with van der Waals surface area (Å²) in [6.45, 7) is 10.9. The Bertz CT molecular complexity index is 59.9. The highest BCUT2D eigenvalue weighted by atomic mass is 32.2. The van der Waals surface area contributed by atoms with Gasteiger partial charge < -0.3 is 0 Å². The maximum atomic E-state index is 2.30. The van der Waals surface area contributed by atoms with Crippen LogP contribution in [-0.4, -0.2) is 11.5 Å². The molecule has 0 aromatic heterocycles. The predicted molar refractivity (Wildman–Crippen MR) is 58.4 cm³/mol. The van der Waals surface area contributed by atoms with Crippen LogP contribution in [0.4, 0.5) is 0 Å². The zero-order chi connectivity index (χ0) is 9.28. The minimum Gasteiger partial charge on any atom is -0.162 e. The summed E-state index contributed by atoms with van der Waals surface area (Å²) in [6, 6.07) is 0. The van der Waals surface area contributed by atoms with Gasteiger partial charge >= 0.3 is 0 Å². The normalized spacial score (nSPS) is 12.3. The summed E-state index contributed by atoms with van der Waals surface area (Å²) in [5.74, 6) is 0.875. The smallest absolute Gasteiger partial charge is 0.00160 e. The monoisotopic (exact) mass is 176 g/mol. The molecule has 0 nitrogen and oxygen atoms in total. The van der Waals surface area contributed by atoms with E-state index in [9.17, 15) is 0 Å². The van der Waals surface area contributed by atoms with Gasteiger partial charge in [0.15, 0.2) is 0 Å². The molecule has 0 heterocycles. The Morgan fingerprint density at radius 3 is 1.73 bits per heavy atom. The summed E-state index contributed by atoms with van der Waals surface area (Å²) in [4.78, 5) is 0. The molecule has 0 amide bonds. The summed E-state index contributed by atoms with van der Waals surface area (Å²) in [5.41, 5.74) is 0. The van der Waals surface area contributed by atoms with Gasteiger partial charge in [0.05, 0.1) is 0 Å². The van der Waals surface area contributed by atoms with E-state index >= 15 is 0 Å². The zero-order valence-corrected chi connectivity index (χ0v) is 9.79. The van der Waals surface area contributed by atoms with Crippen molar-refractivity contribution in [3.63, 3.8) is 0 Å². The van der Waals surface area contributed by atoms with Crippen LogP contribution >= 0.6 is 11.8 Å². The Hall–Kier alpha value is 0.350. The molecule has 70 valence electrons. The lowest BCUT2D eigenvalue weighted by Crippen LogP contribution is -1.97. The molecular weight excluding hydrogens is 152 g/mol. The maximum absolute atomic E-state index is 2.30. The van der Waals surface area contributed by atoms with E-state index in [1.54, 1.807) is 0 Å². The Morgan fingerprint density at radius 1 is 1.00 bits per heavy atom. The average molecular weight is 176 g/mol. The van der Waals surface area contributed by atoms with Crippen LogP contribution in [0.15, 0.2) is 0 Å². The van der Waals surface area contributed by atoms with Crippen molar-refractivity contribution < 1.29 is 0 Å². The molecule has 1 atom stereocenters. The second kappa shape index (κ2) is 10.3. The molecule has 0 aliphatic heterocycles. The van der Waals surface area contributed by atoms with Gasteiger partial charge in [-0.25, -0.2) is 0 Å². The van der Waals surface area contributed by atoms with Crippen LogP contribution in [0.3, 0.4) is 0 Å². The molecule has 0 aliphatic rings. The molecule has 0 aromatic carbocycles. The van der Waals surface area contributed by atoms with Gasteiger partial charge in [0, 0.05) is 5.25 Å². The largest absolute Gasteiger partial charge is 0.162 e. The molecule has 0 bridgehead atoms. The predicted octanol–water partition coefficient (Wildman–Crippen LogP) is 4.20. The van der Waals surface area contributed by atoms with E-state index in [-0.39, 0.29) is 0 Å². The lowest BCUT2D eigenvalue weighted by molar-refractivity contribution is 0.555. The average Bonchev–Trinajstić information content (AvgIpc) is 2.04. The van der Waals surface area contributed by atoms with Crippen LogP contribution in [-0.2, 0) is 0 Å². The molecule has 0 aromatic rings. The van der Waals surface area contributed by atoms with Gasteiger partial charge in [-0.2, -0.15) is 11.8 Å². The summed E-state index contributed by atoms with van der Waals surface area (Å²) in [6.07, 6.45) is 4.94. The standard InChI is InChI=1S/C8H18S.C2H6/c1-7(2)5-6-8(3)9-4;1-2/h7-8H,5-6H2,1-4H3;1-2H3. The molecule has 0 fully saturated rings. The van der Waals surface area contributed by atoms with E-state index in [2.05, 4.69) is 27.0 Å². The van der Waals surface area contributed by atoms with Crippen LogP contribution in [0.2, 0.25) is 0 Å². The van der Waals surface area contributed by atoms with Gasteiger partial charge in [0.1, 0.15) is 0 Å². The molecule has 1 unspecified atom stereocenters. The van der Waals surface area contributed by atoms with E-state index in [1.165, 1.54) is 12.8 Å². The fraction of sp³-hybridized carbons (Fsp3) is 1.00. The maximum Gasteiger partial charge on any atom is 0.00160 e. The Balaban J connectivity index is 0. The first-order valence-corrected chi connectivity index (χ1v) is 5.98. The first-order valence-electron chi connectivity index (χ1n) is 4.69. The summed E-state index contributed by atoms with van der Waals surface area (Å²) >= 11 is 1.97. The van der Waals surface area contributed by atoms with E-state index in [1.807, 2.05) is 25.6 Å². The van der Waals surface area contributed by atoms with Gasteiger partial charge in [-0.1, -0.05) is 34.6 Å². The molecular formula is C10H24S. The third kappa shape index (κ3) is 13.4. The minimum atomic E-state index is 0.854. The van der Waals surface area contributed by atoms with Crippen LogP contribution in [0.1, 0.15) is 47.5 Å². The van der Waals surface area contributed by atoms with Crippen LogP contribution in [0, 0.1) is 5.92 Å². The molecule has 11 heavy (non-hydrogen) atoms. The zero-order valence-electron chi connectivity index (χ0n) is 8.98. The van der Waals surface area contributed by atoms with Gasteiger partial charge in [-0.05, 0) is 25.0 Å². The molecule has 0 radical (unpaired) electrons. The molecule has 0 saturated carbocycles. The van der Waals surface area contributed by atoms with Crippen LogP contribution < -0.4 is 0 Å². The molecule has 1 heteroatoms. The van der Waals surface area contributed by atoms with E-state index in [0.29, 0.717) is 0 Å². The Morgan fingerprint density at radius 2 is 1.45 bits per heavy atom. The minimum absolute atomic E-state index is 0.854. The number of hydrogen-bond donors (Lipinski definition) is 0. The molecule has 0 N–H and O–H groups in total. The van der Waals surface area contributed by atoms with Gasteiger partial charge in [-0.15, -0.1) is 0 Å². The van der Waals surface area contributed by atoms with Crippen LogP contribution in [0.25, 0.3) is 0 Å². The lowest BCUT2D eigenvalue weighted by atomic mass is 10.1. The lowest BCUT2D eigenvalue weighted by Gasteiger charge is -2.08. The van der Waals surface area contributed by atoms with Crippen molar-refractivity contribution in [3.8, 4) is 0 Å². The first kappa shape index (κ1) is 13.9.